The number of nitrogens with zero attached hydrogens (tertiary/aromatic N) is 5. The van der Waals surface area contributed by atoms with Crippen molar-refractivity contribution in [3.05, 3.63) is 77.6 Å². The third-order valence-electron chi connectivity index (χ3n) is 8.05. The van der Waals surface area contributed by atoms with Crippen LogP contribution in [0.1, 0.15) is 37.3 Å². The van der Waals surface area contributed by atoms with E-state index in [9.17, 15) is 0 Å². The molecule has 2 saturated heterocycles. The molecule has 0 amide bonds. The molecule has 0 saturated carbocycles. The summed E-state index contributed by atoms with van der Waals surface area (Å²) in [5.74, 6) is 0. The molecule has 6 heteroatoms. The summed E-state index contributed by atoms with van der Waals surface area (Å²) in [6.07, 6.45) is 9.34. The highest BCUT2D eigenvalue weighted by atomic mass is 35.5. The van der Waals surface area contributed by atoms with Gasteiger partial charge in [0.15, 0.2) is 0 Å². The second kappa shape index (κ2) is 9.81. The Morgan fingerprint density at radius 3 is 2.43 bits per heavy atom. The first-order valence-electron chi connectivity index (χ1n) is 12.9. The molecule has 5 nitrogen and oxygen atoms in total. The molecule has 35 heavy (non-hydrogen) atoms. The summed E-state index contributed by atoms with van der Waals surface area (Å²) in [4.78, 5) is 5.19. The molecule has 6 rings (SSSR count). The Balaban J connectivity index is 1.13. The van der Waals surface area contributed by atoms with Crippen LogP contribution in [0.25, 0.3) is 22.2 Å². The lowest BCUT2D eigenvalue weighted by Gasteiger charge is -2.41. The highest BCUT2D eigenvalue weighted by Gasteiger charge is 2.28. The van der Waals surface area contributed by atoms with Crippen LogP contribution in [0, 0.1) is 0 Å². The van der Waals surface area contributed by atoms with Crippen LogP contribution in [0.2, 0.25) is 5.02 Å². The number of halogens is 1. The highest BCUT2D eigenvalue weighted by Crippen LogP contribution is 2.29. The maximum absolute atomic E-state index is 6.39. The minimum Gasteiger partial charge on any atom is -0.343 e. The maximum Gasteiger partial charge on any atom is 0.0923 e. The Kier molecular flexibility index (Phi) is 6.40. The zero-order valence-electron chi connectivity index (χ0n) is 20.5. The molecule has 0 spiro atoms. The van der Waals surface area contributed by atoms with Gasteiger partial charge in [-0.05, 0) is 81.7 Å². The quantitative estimate of drug-likeness (QED) is 0.349. The molecular weight excluding hydrogens is 454 g/mol. The monoisotopic (exact) mass is 487 g/mol. The minimum atomic E-state index is 0.506. The summed E-state index contributed by atoms with van der Waals surface area (Å²) < 4.78 is 4.48. The summed E-state index contributed by atoms with van der Waals surface area (Å²) >= 11 is 6.39. The molecule has 4 aromatic rings. The van der Waals surface area contributed by atoms with Gasteiger partial charge in [0.2, 0.25) is 0 Å². The van der Waals surface area contributed by atoms with Crippen LogP contribution in [-0.4, -0.2) is 63.4 Å². The van der Waals surface area contributed by atoms with Crippen molar-refractivity contribution in [2.45, 2.75) is 44.3 Å². The second-order valence-electron chi connectivity index (χ2n) is 10.3. The first-order valence-corrected chi connectivity index (χ1v) is 13.3. The Morgan fingerprint density at radius 1 is 0.857 bits per heavy atom. The lowest BCUT2D eigenvalue weighted by Crippen LogP contribution is -2.47. The van der Waals surface area contributed by atoms with Gasteiger partial charge in [0, 0.05) is 59.6 Å². The summed E-state index contributed by atoms with van der Waals surface area (Å²) in [5.41, 5.74) is 4.59. The summed E-state index contributed by atoms with van der Waals surface area (Å²) in [7, 11) is 2.24. The van der Waals surface area contributed by atoms with Gasteiger partial charge in [0.25, 0.3) is 0 Å². The minimum absolute atomic E-state index is 0.506. The molecule has 2 aromatic heterocycles. The number of rotatable bonds is 5. The van der Waals surface area contributed by atoms with Gasteiger partial charge in [0.05, 0.1) is 11.7 Å². The first-order chi connectivity index (χ1) is 17.1. The van der Waals surface area contributed by atoms with Crippen molar-refractivity contribution in [2.75, 3.05) is 33.2 Å². The molecular formula is C29H34ClN5. The fraction of sp³-hybridized carbons (Fsp3) is 0.414. The highest BCUT2D eigenvalue weighted by molar-refractivity contribution is 6.31. The fourth-order valence-corrected chi connectivity index (χ4v) is 6.07. The van der Waals surface area contributed by atoms with Crippen LogP contribution >= 0.6 is 11.6 Å². The molecule has 2 aliphatic rings. The average Bonchev–Trinajstić information content (AvgIpc) is 3.54. The molecule has 182 valence electrons. The predicted octanol–water partition coefficient (Wildman–Crippen LogP) is 5.94. The van der Waals surface area contributed by atoms with Gasteiger partial charge in [-0.3, -0.25) is 4.68 Å². The number of hydrogen-bond donors (Lipinski definition) is 0. The molecule has 0 unspecified atom stereocenters. The van der Waals surface area contributed by atoms with Crippen LogP contribution in [-0.2, 0) is 6.54 Å². The van der Waals surface area contributed by atoms with E-state index in [1.54, 1.807) is 0 Å². The molecule has 0 N–H and O–H groups in total. The van der Waals surface area contributed by atoms with Gasteiger partial charge < -0.3 is 14.4 Å². The van der Waals surface area contributed by atoms with Crippen LogP contribution in [0.3, 0.4) is 0 Å². The van der Waals surface area contributed by atoms with E-state index in [1.165, 1.54) is 68.3 Å². The van der Waals surface area contributed by atoms with Crippen molar-refractivity contribution in [3.63, 3.8) is 0 Å². The predicted molar refractivity (Wildman–Crippen MR) is 144 cm³/mol. The average molecular weight is 488 g/mol. The van der Waals surface area contributed by atoms with Crippen molar-refractivity contribution in [3.8, 4) is 11.3 Å². The number of aromatic nitrogens is 3. The lowest BCUT2D eigenvalue weighted by molar-refractivity contribution is 0.0852. The van der Waals surface area contributed by atoms with Gasteiger partial charge in [-0.2, -0.15) is 5.10 Å². The zero-order chi connectivity index (χ0) is 23.8. The third kappa shape index (κ3) is 4.77. The SMILES string of the molecule is CN1CCC(N2CCC(n3ccc(-c4ccc5c(ccn5Cc5ccccc5Cl)c4)n3)CC2)CC1. The van der Waals surface area contributed by atoms with Crippen LogP contribution in [0.4, 0.5) is 0 Å². The van der Waals surface area contributed by atoms with Crippen molar-refractivity contribution >= 4 is 22.5 Å². The molecule has 0 atom stereocenters. The van der Waals surface area contributed by atoms with E-state index < -0.39 is 0 Å². The van der Waals surface area contributed by atoms with Crippen LogP contribution < -0.4 is 0 Å². The van der Waals surface area contributed by atoms with E-state index in [-0.39, 0.29) is 0 Å². The van der Waals surface area contributed by atoms with E-state index in [2.05, 4.69) is 74.9 Å². The molecule has 2 aliphatic heterocycles. The molecule has 0 radical (unpaired) electrons. The van der Waals surface area contributed by atoms with Crippen molar-refractivity contribution in [1.82, 2.24) is 24.1 Å². The van der Waals surface area contributed by atoms with Gasteiger partial charge >= 0.3 is 0 Å². The van der Waals surface area contributed by atoms with E-state index >= 15 is 0 Å². The number of benzene rings is 2. The fourth-order valence-electron chi connectivity index (χ4n) is 5.88. The smallest absolute Gasteiger partial charge is 0.0923 e. The number of piperidine rings is 2. The molecule has 0 bridgehead atoms. The van der Waals surface area contributed by atoms with E-state index in [4.69, 9.17) is 16.7 Å². The lowest BCUT2D eigenvalue weighted by atomic mass is 9.98. The Morgan fingerprint density at radius 2 is 1.63 bits per heavy atom. The normalized spacial score (nSPS) is 19.0. The van der Waals surface area contributed by atoms with Crippen molar-refractivity contribution in [2.24, 2.45) is 0 Å². The van der Waals surface area contributed by atoms with Crippen LogP contribution in [0.15, 0.2) is 67.0 Å². The standard InChI is InChI=1S/C29H34ClN5/c1-32-14-9-25(10-15-32)33-17-11-26(12-18-33)35-19-13-28(31-35)22-6-7-29-23(20-22)8-16-34(29)21-24-4-2-3-5-27(24)30/h2-8,13,16,19-20,25-26H,9-12,14-15,17-18,21H2,1H3. The summed E-state index contributed by atoms with van der Waals surface area (Å²) in [6.45, 7) is 5.63. The Labute approximate surface area is 212 Å². The Hall–Kier alpha value is -2.60. The number of fused-ring (bicyclic) bond motifs is 1. The first kappa shape index (κ1) is 22.8. The van der Waals surface area contributed by atoms with E-state index in [1.807, 2.05) is 18.2 Å². The molecule has 4 heterocycles. The van der Waals surface area contributed by atoms with Gasteiger partial charge in [-0.1, -0.05) is 35.9 Å². The second-order valence-corrected chi connectivity index (χ2v) is 10.7. The molecule has 2 aromatic carbocycles. The molecule has 0 aliphatic carbocycles. The molecule has 2 fully saturated rings. The number of hydrogen-bond acceptors (Lipinski definition) is 3. The van der Waals surface area contributed by atoms with Gasteiger partial charge in [-0.15, -0.1) is 0 Å². The van der Waals surface area contributed by atoms with Gasteiger partial charge in [0.1, 0.15) is 0 Å². The topological polar surface area (TPSA) is 29.2 Å². The summed E-state index contributed by atoms with van der Waals surface area (Å²) in [5, 5.41) is 7.06. The van der Waals surface area contributed by atoms with E-state index in [0.29, 0.717) is 6.04 Å². The maximum atomic E-state index is 6.39. The van der Waals surface area contributed by atoms with Gasteiger partial charge in [-0.25, -0.2) is 0 Å². The third-order valence-corrected chi connectivity index (χ3v) is 8.42. The summed E-state index contributed by atoms with van der Waals surface area (Å²) in [6, 6.07) is 20.4. The van der Waals surface area contributed by atoms with Crippen molar-refractivity contribution < 1.29 is 0 Å². The van der Waals surface area contributed by atoms with Crippen LogP contribution in [0.5, 0.6) is 0 Å². The van der Waals surface area contributed by atoms with Crippen molar-refractivity contribution in [1.29, 1.82) is 0 Å². The number of likely N-dealkylation sites (tertiary alicyclic amines) is 2. The van der Waals surface area contributed by atoms with E-state index in [0.717, 1.165) is 28.9 Å². The Bertz CT molecular complexity index is 1290. The zero-order valence-corrected chi connectivity index (χ0v) is 21.2. The largest absolute Gasteiger partial charge is 0.343 e.